The predicted molar refractivity (Wildman–Crippen MR) is 39.0 cm³/mol. The average molecular weight is 194 g/mol. The van der Waals surface area contributed by atoms with Gasteiger partial charge in [0.15, 0.2) is 6.10 Å². The Balaban J connectivity index is 2.60. The smallest absolute Gasteiger partial charge is 0.383 e. The third kappa shape index (κ3) is 2.73. The number of aliphatic hydroxyl groups is 1. The van der Waals surface area contributed by atoms with Crippen LogP contribution >= 0.6 is 0 Å². The van der Waals surface area contributed by atoms with Gasteiger partial charge in [0.05, 0.1) is 6.20 Å². The molecule has 0 aliphatic rings. The largest absolute Gasteiger partial charge is 0.414 e. The van der Waals surface area contributed by atoms with E-state index in [1.807, 2.05) is 0 Å². The van der Waals surface area contributed by atoms with Crippen molar-refractivity contribution in [1.82, 2.24) is 9.78 Å². The van der Waals surface area contributed by atoms with Gasteiger partial charge in [0.1, 0.15) is 0 Å². The van der Waals surface area contributed by atoms with Gasteiger partial charge in [-0.25, -0.2) is 0 Å². The summed E-state index contributed by atoms with van der Waals surface area (Å²) >= 11 is 0. The van der Waals surface area contributed by atoms with Gasteiger partial charge >= 0.3 is 6.18 Å². The lowest BCUT2D eigenvalue weighted by Crippen LogP contribution is -2.30. The Morgan fingerprint density at radius 1 is 1.62 bits per heavy atom. The predicted octanol–water partition coefficient (Wildman–Crippen LogP) is 0.886. The Morgan fingerprint density at radius 2 is 2.23 bits per heavy atom. The zero-order chi connectivity index (χ0) is 10.1. The maximum atomic E-state index is 11.9. The van der Waals surface area contributed by atoms with Gasteiger partial charge in [-0.05, 0) is 5.56 Å². The summed E-state index contributed by atoms with van der Waals surface area (Å²) in [5.41, 5.74) is 0.368. The molecule has 1 aromatic rings. The highest BCUT2D eigenvalue weighted by Gasteiger charge is 2.38. The molecule has 74 valence electrons. The third-order valence-corrected chi connectivity index (χ3v) is 1.57. The van der Waals surface area contributed by atoms with Crippen LogP contribution in [0.3, 0.4) is 0 Å². The maximum Gasteiger partial charge on any atom is 0.414 e. The molecular weight excluding hydrogens is 185 g/mol. The van der Waals surface area contributed by atoms with Gasteiger partial charge in [0.25, 0.3) is 0 Å². The minimum absolute atomic E-state index is 0.368. The van der Waals surface area contributed by atoms with E-state index in [1.165, 1.54) is 17.1 Å². The molecule has 0 aromatic carbocycles. The van der Waals surface area contributed by atoms with Gasteiger partial charge in [-0.1, -0.05) is 0 Å². The standard InChI is InChI=1S/C7H9F3N2O/c1-12-4-5(3-11-12)2-6(13)7(8,9)10/h3-4,6,13H,2H2,1H3/t6-/m0/s1. The molecule has 1 aromatic heterocycles. The van der Waals surface area contributed by atoms with Crippen LogP contribution in [0.4, 0.5) is 13.2 Å². The van der Waals surface area contributed by atoms with Crippen molar-refractivity contribution in [2.24, 2.45) is 7.05 Å². The fourth-order valence-corrected chi connectivity index (χ4v) is 0.916. The molecule has 0 radical (unpaired) electrons. The molecule has 1 rings (SSSR count). The van der Waals surface area contributed by atoms with Gasteiger partial charge in [-0.2, -0.15) is 18.3 Å². The Bertz CT molecular complexity index is 282. The van der Waals surface area contributed by atoms with Gasteiger partial charge in [0.2, 0.25) is 0 Å². The summed E-state index contributed by atoms with van der Waals surface area (Å²) in [7, 11) is 1.60. The number of aliphatic hydroxyl groups excluding tert-OH is 1. The molecule has 1 atom stereocenters. The second-order valence-corrected chi connectivity index (χ2v) is 2.78. The molecule has 3 nitrogen and oxygen atoms in total. The highest BCUT2D eigenvalue weighted by Crippen LogP contribution is 2.22. The molecule has 0 aliphatic carbocycles. The minimum atomic E-state index is -4.56. The van der Waals surface area contributed by atoms with Crippen LogP contribution in [0.15, 0.2) is 12.4 Å². The SMILES string of the molecule is Cn1cc(C[C@H](O)C(F)(F)F)cn1. The van der Waals surface area contributed by atoms with Crippen molar-refractivity contribution in [3.8, 4) is 0 Å². The Kier molecular flexibility index (Phi) is 2.60. The third-order valence-electron chi connectivity index (χ3n) is 1.57. The lowest BCUT2D eigenvalue weighted by Gasteiger charge is -2.12. The lowest BCUT2D eigenvalue weighted by atomic mass is 10.1. The molecule has 0 spiro atoms. The van der Waals surface area contributed by atoms with E-state index in [0.717, 1.165) is 0 Å². The minimum Gasteiger partial charge on any atom is -0.383 e. The van der Waals surface area contributed by atoms with Crippen LogP contribution in [-0.2, 0) is 13.5 Å². The summed E-state index contributed by atoms with van der Waals surface area (Å²) in [5.74, 6) is 0. The fourth-order valence-electron chi connectivity index (χ4n) is 0.916. The molecule has 0 unspecified atom stereocenters. The Hall–Kier alpha value is -1.04. The highest BCUT2D eigenvalue weighted by molar-refractivity contribution is 5.05. The summed E-state index contributed by atoms with van der Waals surface area (Å²) < 4.78 is 37.0. The van der Waals surface area contributed by atoms with Gasteiger partial charge in [-0.15, -0.1) is 0 Å². The molecule has 0 saturated heterocycles. The highest BCUT2D eigenvalue weighted by atomic mass is 19.4. The molecule has 6 heteroatoms. The van der Waals surface area contributed by atoms with Crippen molar-refractivity contribution in [3.63, 3.8) is 0 Å². The average Bonchev–Trinajstić information content (AvgIpc) is 2.33. The van der Waals surface area contributed by atoms with Crippen molar-refractivity contribution in [2.45, 2.75) is 18.7 Å². The van der Waals surface area contributed by atoms with Crippen LogP contribution < -0.4 is 0 Å². The van der Waals surface area contributed by atoms with Gasteiger partial charge < -0.3 is 5.11 Å². The quantitative estimate of drug-likeness (QED) is 0.759. The van der Waals surface area contributed by atoms with Crippen molar-refractivity contribution >= 4 is 0 Å². The second-order valence-electron chi connectivity index (χ2n) is 2.78. The van der Waals surface area contributed by atoms with Crippen LogP contribution in [0.2, 0.25) is 0 Å². The Labute approximate surface area is 72.8 Å². The molecule has 0 aliphatic heterocycles. The normalized spacial score (nSPS) is 14.5. The topological polar surface area (TPSA) is 38.0 Å². The van der Waals surface area contributed by atoms with Crippen LogP contribution in [-0.4, -0.2) is 27.2 Å². The summed E-state index contributed by atoms with van der Waals surface area (Å²) in [5, 5.41) is 12.4. The van der Waals surface area contributed by atoms with E-state index in [1.54, 1.807) is 7.05 Å². The van der Waals surface area contributed by atoms with Gasteiger partial charge in [-0.3, -0.25) is 4.68 Å². The summed E-state index contributed by atoms with van der Waals surface area (Å²) in [6.07, 6.45) is -4.58. The molecule has 0 saturated carbocycles. The first-order valence-electron chi connectivity index (χ1n) is 3.62. The van der Waals surface area contributed by atoms with Gasteiger partial charge in [0, 0.05) is 19.7 Å². The van der Waals surface area contributed by atoms with Crippen LogP contribution in [0.25, 0.3) is 0 Å². The maximum absolute atomic E-state index is 11.9. The molecule has 0 bridgehead atoms. The molecule has 0 fully saturated rings. The van der Waals surface area contributed by atoms with Crippen LogP contribution in [0, 0.1) is 0 Å². The van der Waals surface area contributed by atoms with E-state index in [9.17, 15) is 13.2 Å². The molecule has 1 N–H and O–H groups in total. The molecule has 0 amide bonds. The summed E-state index contributed by atoms with van der Waals surface area (Å²) in [6, 6.07) is 0. The molecular formula is C7H9F3N2O. The van der Waals surface area contributed by atoms with Crippen LogP contribution in [0.1, 0.15) is 5.56 Å². The summed E-state index contributed by atoms with van der Waals surface area (Å²) in [4.78, 5) is 0. The van der Waals surface area contributed by atoms with E-state index in [-0.39, 0.29) is 0 Å². The zero-order valence-electron chi connectivity index (χ0n) is 6.91. The molecule has 1 heterocycles. The molecule has 13 heavy (non-hydrogen) atoms. The van der Waals surface area contributed by atoms with E-state index in [2.05, 4.69) is 5.10 Å². The van der Waals surface area contributed by atoms with E-state index in [4.69, 9.17) is 5.11 Å². The zero-order valence-corrected chi connectivity index (χ0v) is 6.91. The van der Waals surface area contributed by atoms with Crippen LogP contribution in [0.5, 0.6) is 0 Å². The number of aryl methyl sites for hydroxylation is 1. The van der Waals surface area contributed by atoms with E-state index >= 15 is 0 Å². The first kappa shape index (κ1) is 10.0. The fraction of sp³-hybridized carbons (Fsp3) is 0.571. The number of aromatic nitrogens is 2. The van der Waals surface area contributed by atoms with E-state index in [0.29, 0.717) is 5.56 Å². The van der Waals surface area contributed by atoms with E-state index < -0.39 is 18.7 Å². The number of alkyl halides is 3. The number of hydrogen-bond acceptors (Lipinski definition) is 2. The first-order chi connectivity index (χ1) is 5.89. The second kappa shape index (κ2) is 3.37. The van der Waals surface area contributed by atoms with Crippen molar-refractivity contribution in [1.29, 1.82) is 0 Å². The first-order valence-corrected chi connectivity index (χ1v) is 3.62. The number of halogens is 3. The number of rotatable bonds is 2. The van der Waals surface area contributed by atoms with Crippen molar-refractivity contribution in [2.75, 3.05) is 0 Å². The van der Waals surface area contributed by atoms with Crippen molar-refractivity contribution < 1.29 is 18.3 Å². The Morgan fingerprint density at radius 3 is 2.62 bits per heavy atom. The number of nitrogens with zero attached hydrogens (tertiary/aromatic N) is 2. The monoisotopic (exact) mass is 194 g/mol. The van der Waals surface area contributed by atoms with Crippen molar-refractivity contribution in [3.05, 3.63) is 18.0 Å². The lowest BCUT2D eigenvalue weighted by molar-refractivity contribution is -0.203. The number of hydrogen-bond donors (Lipinski definition) is 1. The summed E-state index contributed by atoms with van der Waals surface area (Å²) in [6.45, 7) is 0.